The van der Waals surface area contributed by atoms with E-state index in [0.29, 0.717) is 15.7 Å². The van der Waals surface area contributed by atoms with Gasteiger partial charge in [0.25, 0.3) is 0 Å². The number of hydrogen-bond acceptors (Lipinski definition) is 6. The number of hydrogen-bond donors (Lipinski definition) is 3. The Morgan fingerprint density at radius 3 is 2.41 bits per heavy atom. The largest absolute Gasteiger partial charge is 0.378 e. The molecule has 0 radical (unpaired) electrons. The summed E-state index contributed by atoms with van der Waals surface area (Å²) in [5.74, 6) is -0.193. The Hall–Kier alpha value is -2.92. The van der Waals surface area contributed by atoms with Crippen molar-refractivity contribution in [3.63, 3.8) is 0 Å². The molecule has 0 aromatic heterocycles. The van der Waals surface area contributed by atoms with Crippen LogP contribution in [0.2, 0.25) is 0 Å². The molecular formula is C16H15BrN4O5S. The maximum absolute atomic E-state index is 12.4. The SMILES string of the molecule is CC(=O)Nc1ccc(S(=O)(=O)Oc2ccc(/C=N\NC(N)=O)cc2Br)cc1. The van der Waals surface area contributed by atoms with Crippen molar-refractivity contribution in [3.8, 4) is 5.75 Å². The van der Waals surface area contributed by atoms with Crippen LogP contribution in [-0.4, -0.2) is 26.6 Å². The van der Waals surface area contributed by atoms with E-state index in [2.05, 4.69) is 26.3 Å². The molecule has 0 saturated carbocycles. The highest BCUT2D eigenvalue weighted by molar-refractivity contribution is 9.10. The number of nitrogens with two attached hydrogens (primary N) is 1. The second kappa shape index (κ2) is 8.64. The molecular weight excluding hydrogens is 440 g/mol. The van der Waals surface area contributed by atoms with Crippen molar-refractivity contribution < 1.29 is 22.2 Å². The normalized spacial score (nSPS) is 11.2. The van der Waals surface area contributed by atoms with Crippen LogP contribution in [0.4, 0.5) is 10.5 Å². The molecule has 2 rings (SSSR count). The van der Waals surface area contributed by atoms with Gasteiger partial charge in [0.1, 0.15) is 4.90 Å². The average Bonchev–Trinajstić information content (AvgIpc) is 2.57. The minimum absolute atomic E-state index is 0.0696. The number of rotatable bonds is 6. The van der Waals surface area contributed by atoms with E-state index >= 15 is 0 Å². The van der Waals surface area contributed by atoms with E-state index in [1.165, 1.54) is 43.5 Å². The lowest BCUT2D eigenvalue weighted by molar-refractivity contribution is -0.114. The summed E-state index contributed by atoms with van der Waals surface area (Å²) in [5, 5.41) is 6.15. The second-order valence-corrected chi connectivity index (χ2v) is 7.57. The van der Waals surface area contributed by atoms with Crippen LogP contribution >= 0.6 is 15.9 Å². The zero-order valence-corrected chi connectivity index (χ0v) is 16.4. The van der Waals surface area contributed by atoms with E-state index in [0.717, 1.165) is 0 Å². The van der Waals surface area contributed by atoms with Crippen molar-refractivity contribution in [1.82, 2.24) is 5.43 Å². The third-order valence-electron chi connectivity index (χ3n) is 3.01. The summed E-state index contributed by atoms with van der Waals surface area (Å²) in [4.78, 5) is 21.5. The molecule has 4 N–H and O–H groups in total. The predicted octanol–water partition coefficient (Wildman–Crippen LogP) is 2.18. The van der Waals surface area contributed by atoms with Crippen LogP contribution in [-0.2, 0) is 14.9 Å². The zero-order valence-electron chi connectivity index (χ0n) is 14.0. The highest BCUT2D eigenvalue weighted by Crippen LogP contribution is 2.29. The first-order chi connectivity index (χ1) is 12.7. The number of primary amides is 1. The van der Waals surface area contributed by atoms with E-state index in [1.54, 1.807) is 12.1 Å². The number of carbonyl (C=O) groups excluding carboxylic acids is 2. The van der Waals surface area contributed by atoms with Gasteiger partial charge in [-0.3, -0.25) is 4.79 Å². The Balaban J connectivity index is 2.16. The van der Waals surface area contributed by atoms with Crippen molar-refractivity contribution >= 4 is 49.9 Å². The van der Waals surface area contributed by atoms with Gasteiger partial charge in [0.05, 0.1) is 10.7 Å². The highest BCUT2D eigenvalue weighted by atomic mass is 79.9. The molecule has 0 atom stereocenters. The zero-order chi connectivity index (χ0) is 20.0. The molecule has 0 unspecified atom stereocenters. The number of nitrogens with zero attached hydrogens (tertiary/aromatic N) is 1. The molecule has 0 aliphatic heterocycles. The van der Waals surface area contributed by atoms with Crippen LogP contribution in [0.1, 0.15) is 12.5 Å². The van der Waals surface area contributed by atoms with Crippen molar-refractivity contribution in [2.75, 3.05) is 5.32 Å². The van der Waals surface area contributed by atoms with E-state index in [9.17, 15) is 18.0 Å². The number of amides is 3. The summed E-state index contributed by atoms with van der Waals surface area (Å²) in [7, 11) is -4.07. The third-order valence-corrected chi connectivity index (χ3v) is 4.88. The minimum Gasteiger partial charge on any atom is -0.378 e. The molecule has 0 aliphatic rings. The minimum atomic E-state index is -4.07. The van der Waals surface area contributed by atoms with Gasteiger partial charge in [-0.05, 0) is 64.0 Å². The number of halogens is 1. The fourth-order valence-corrected chi connectivity index (χ4v) is 3.44. The van der Waals surface area contributed by atoms with Crippen LogP contribution in [0.3, 0.4) is 0 Å². The Morgan fingerprint density at radius 2 is 1.85 bits per heavy atom. The topological polar surface area (TPSA) is 140 Å². The monoisotopic (exact) mass is 454 g/mol. The lowest BCUT2D eigenvalue weighted by atomic mass is 10.2. The molecule has 3 amide bonds. The summed E-state index contributed by atoms with van der Waals surface area (Å²) in [6, 6.07) is 9.28. The molecule has 0 fully saturated rings. The maximum Gasteiger partial charge on any atom is 0.339 e. The third kappa shape index (κ3) is 6.08. The van der Waals surface area contributed by atoms with Crippen LogP contribution in [0.25, 0.3) is 0 Å². The number of benzene rings is 2. The van der Waals surface area contributed by atoms with E-state index in [1.807, 2.05) is 5.43 Å². The molecule has 0 saturated heterocycles. The average molecular weight is 455 g/mol. The molecule has 0 bridgehead atoms. The van der Waals surface area contributed by atoms with Gasteiger partial charge in [-0.15, -0.1) is 0 Å². The van der Waals surface area contributed by atoms with Crippen LogP contribution < -0.4 is 20.7 Å². The first-order valence-electron chi connectivity index (χ1n) is 7.37. The van der Waals surface area contributed by atoms with Crippen molar-refractivity contribution in [2.45, 2.75) is 11.8 Å². The Bertz CT molecular complexity index is 990. The van der Waals surface area contributed by atoms with Gasteiger partial charge in [-0.2, -0.15) is 13.5 Å². The number of urea groups is 1. The van der Waals surface area contributed by atoms with E-state index < -0.39 is 16.1 Å². The smallest absolute Gasteiger partial charge is 0.339 e. The molecule has 0 spiro atoms. The van der Waals surface area contributed by atoms with Crippen LogP contribution in [0, 0.1) is 0 Å². The lowest BCUT2D eigenvalue weighted by Gasteiger charge is -2.10. The number of hydrazone groups is 1. The predicted molar refractivity (Wildman–Crippen MR) is 103 cm³/mol. The fraction of sp³-hybridized carbons (Fsp3) is 0.0625. The van der Waals surface area contributed by atoms with Gasteiger partial charge in [0, 0.05) is 12.6 Å². The molecule has 0 heterocycles. The summed E-state index contributed by atoms with van der Waals surface area (Å²) in [6.45, 7) is 1.35. The Labute approximate surface area is 163 Å². The summed E-state index contributed by atoms with van der Waals surface area (Å²) in [6.07, 6.45) is 1.33. The van der Waals surface area contributed by atoms with Gasteiger partial charge in [0.2, 0.25) is 5.91 Å². The van der Waals surface area contributed by atoms with Crippen molar-refractivity contribution in [1.29, 1.82) is 0 Å². The lowest BCUT2D eigenvalue weighted by Crippen LogP contribution is -2.24. The molecule has 9 nitrogen and oxygen atoms in total. The van der Waals surface area contributed by atoms with Gasteiger partial charge in [-0.1, -0.05) is 0 Å². The molecule has 11 heteroatoms. The number of carbonyl (C=O) groups is 2. The Morgan fingerprint density at radius 1 is 1.19 bits per heavy atom. The summed E-state index contributed by atoms with van der Waals surface area (Å²) < 4.78 is 30.3. The van der Waals surface area contributed by atoms with Crippen molar-refractivity contribution in [3.05, 3.63) is 52.5 Å². The van der Waals surface area contributed by atoms with Gasteiger partial charge in [-0.25, -0.2) is 10.2 Å². The standard InChI is InChI=1S/C16H15BrN4O5S/c1-10(22)20-12-3-5-13(6-4-12)27(24,25)26-15-7-2-11(8-14(15)17)9-19-21-16(18)23/h2-9H,1H3,(H,20,22)(H3,18,21,23)/b19-9-. The van der Waals surface area contributed by atoms with E-state index in [-0.39, 0.29) is 16.6 Å². The number of anilines is 1. The first-order valence-corrected chi connectivity index (χ1v) is 9.58. The van der Waals surface area contributed by atoms with Crippen LogP contribution in [0.15, 0.2) is 56.9 Å². The van der Waals surface area contributed by atoms with Crippen molar-refractivity contribution in [2.24, 2.45) is 10.8 Å². The maximum atomic E-state index is 12.4. The molecule has 142 valence electrons. The van der Waals surface area contributed by atoms with E-state index in [4.69, 9.17) is 9.92 Å². The number of nitrogens with one attached hydrogen (secondary N) is 2. The van der Waals surface area contributed by atoms with Crippen LogP contribution in [0.5, 0.6) is 5.75 Å². The summed E-state index contributed by atoms with van der Waals surface area (Å²) in [5.41, 5.74) is 7.97. The molecule has 2 aromatic rings. The first kappa shape index (κ1) is 20.4. The van der Waals surface area contributed by atoms with Gasteiger partial charge >= 0.3 is 16.1 Å². The highest BCUT2D eigenvalue weighted by Gasteiger charge is 2.18. The second-order valence-electron chi connectivity index (χ2n) is 5.17. The van der Waals surface area contributed by atoms with Gasteiger partial charge < -0.3 is 15.2 Å². The fourth-order valence-electron chi connectivity index (χ4n) is 1.91. The Kier molecular flexibility index (Phi) is 6.53. The van der Waals surface area contributed by atoms with Gasteiger partial charge in [0.15, 0.2) is 5.75 Å². The summed E-state index contributed by atoms with van der Waals surface area (Å²) >= 11 is 3.22. The molecule has 2 aromatic carbocycles. The molecule has 0 aliphatic carbocycles. The molecule has 27 heavy (non-hydrogen) atoms. The quantitative estimate of drug-likeness (QED) is 0.348.